The van der Waals surface area contributed by atoms with Crippen LogP contribution in [0, 0.1) is 0 Å². The minimum Gasteiger partial charge on any atom is -0.383 e. The van der Waals surface area contributed by atoms with Crippen LogP contribution in [0.25, 0.3) is 5.57 Å². The molecule has 106 valence electrons. The number of hydrogen-bond donors (Lipinski definition) is 0. The Hall–Kier alpha value is -1.04. The van der Waals surface area contributed by atoms with Crippen LogP contribution in [0.15, 0.2) is 35.8 Å². The van der Waals surface area contributed by atoms with Crippen LogP contribution in [0.4, 0.5) is 0 Å². The van der Waals surface area contributed by atoms with Gasteiger partial charge in [-0.05, 0) is 30.0 Å². The smallest absolute Gasteiger partial charge is 0.187 e. The summed E-state index contributed by atoms with van der Waals surface area (Å²) in [5.74, 6) is 0. The minimum absolute atomic E-state index is 0.788. The molecule has 2 aromatic heterocycles. The minimum atomic E-state index is 0.788. The van der Waals surface area contributed by atoms with E-state index in [1.54, 1.807) is 29.3 Å². The van der Waals surface area contributed by atoms with Gasteiger partial charge in [0.05, 0.1) is 10.0 Å². The number of hydrogen-bond acceptors (Lipinski definition) is 5. The lowest BCUT2D eigenvalue weighted by atomic mass is 10.1. The Morgan fingerprint density at radius 2 is 2.20 bits per heavy atom. The molecule has 0 atom stereocenters. The summed E-state index contributed by atoms with van der Waals surface area (Å²) in [6.45, 7) is 0. The third-order valence-corrected chi connectivity index (χ3v) is 4.35. The molecule has 0 amide bonds. The number of aromatic nitrogens is 2. The Kier molecular flexibility index (Phi) is 5.46. The number of thiophene rings is 1. The summed E-state index contributed by atoms with van der Waals surface area (Å²) in [7, 11) is 4.02. The zero-order valence-electron chi connectivity index (χ0n) is 11.6. The molecule has 0 saturated carbocycles. The van der Waals surface area contributed by atoms with Crippen LogP contribution in [0.1, 0.15) is 10.6 Å². The lowest BCUT2D eigenvalue weighted by molar-refractivity contribution is 0.564. The molecule has 2 rings (SSSR count). The van der Waals surface area contributed by atoms with Crippen LogP contribution < -0.4 is 0 Å². The fraction of sp³-hybridized carbons (Fsp3) is 0.286. The standard InChI is InChI=1S/C14H16ClN3S2/c1-18(2)9-10(8-11-4-5-13(15)20-11)12-6-7-16-14(17-12)19-3/h4-7,9H,8H2,1-3H3. The molecule has 0 aliphatic rings. The van der Waals surface area contributed by atoms with Crippen LogP contribution in [-0.4, -0.2) is 35.2 Å². The van der Waals surface area contributed by atoms with E-state index in [2.05, 4.69) is 22.2 Å². The van der Waals surface area contributed by atoms with E-state index < -0.39 is 0 Å². The van der Waals surface area contributed by atoms with Crippen molar-refractivity contribution in [2.24, 2.45) is 0 Å². The fourth-order valence-corrected chi connectivity index (χ4v) is 3.23. The monoisotopic (exact) mass is 325 g/mol. The van der Waals surface area contributed by atoms with E-state index >= 15 is 0 Å². The molecule has 0 saturated heterocycles. The summed E-state index contributed by atoms with van der Waals surface area (Å²) in [6.07, 6.45) is 6.70. The summed E-state index contributed by atoms with van der Waals surface area (Å²) in [6, 6.07) is 5.94. The second kappa shape index (κ2) is 7.11. The molecule has 0 aliphatic carbocycles. The Labute approximate surface area is 132 Å². The number of thioether (sulfide) groups is 1. The normalized spacial score (nSPS) is 11.7. The van der Waals surface area contributed by atoms with Crippen LogP contribution in [-0.2, 0) is 6.42 Å². The first-order valence-electron chi connectivity index (χ1n) is 6.07. The van der Waals surface area contributed by atoms with Gasteiger partial charge in [-0.2, -0.15) is 0 Å². The maximum absolute atomic E-state index is 6.00. The Bertz CT molecular complexity index is 608. The molecule has 0 unspecified atom stereocenters. The number of rotatable bonds is 5. The molecule has 2 aromatic rings. The van der Waals surface area contributed by atoms with Gasteiger partial charge >= 0.3 is 0 Å². The highest BCUT2D eigenvalue weighted by molar-refractivity contribution is 7.98. The van der Waals surface area contributed by atoms with Crippen molar-refractivity contribution < 1.29 is 0 Å². The molecule has 0 aromatic carbocycles. The predicted molar refractivity (Wildman–Crippen MR) is 88.5 cm³/mol. The molecular formula is C14H16ClN3S2. The molecule has 0 fully saturated rings. The van der Waals surface area contributed by atoms with E-state index in [0.717, 1.165) is 27.2 Å². The lowest BCUT2D eigenvalue weighted by Gasteiger charge is -2.11. The fourth-order valence-electron chi connectivity index (χ4n) is 1.77. The highest BCUT2D eigenvalue weighted by Gasteiger charge is 2.09. The average molecular weight is 326 g/mol. The molecule has 0 spiro atoms. The van der Waals surface area contributed by atoms with Crippen molar-refractivity contribution in [1.82, 2.24) is 14.9 Å². The molecule has 3 nitrogen and oxygen atoms in total. The van der Waals surface area contributed by atoms with E-state index in [0.29, 0.717) is 0 Å². The summed E-state index contributed by atoms with van der Waals surface area (Å²) in [5.41, 5.74) is 2.12. The van der Waals surface area contributed by atoms with Crippen LogP contribution in [0.5, 0.6) is 0 Å². The predicted octanol–water partition coefficient (Wildman–Crippen LogP) is 4.06. The van der Waals surface area contributed by atoms with E-state index in [1.165, 1.54) is 4.88 Å². The van der Waals surface area contributed by atoms with Gasteiger partial charge in [0.1, 0.15) is 0 Å². The molecule has 0 radical (unpaired) electrons. The average Bonchev–Trinajstić information content (AvgIpc) is 2.83. The molecule has 0 N–H and O–H groups in total. The van der Waals surface area contributed by atoms with Gasteiger partial charge in [0.25, 0.3) is 0 Å². The Morgan fingerprint density at radius 3 is 2.80 bits per heavy atom. The first-order chi connectivity index (χ1) is 9.58. The maximum Gasteiger partial charge on any atom is 0.187 e. The van der Waals surface area contributed by atoms with Gasteiger partial charge in [0.15, 0.2) is 5.16 Å². The van der Waals surface area contributed by atoms with Crippen molar-refractivity contribution in [2.75, 3.05) is 20.4 Å². The van der Waals surface area contributed by atoms with Gasteiger partial charge in [-0.25, -0.2) is 9.97 Å². The zero-order chi connectivity index (χ0) is 14.5. The van der Waals surface area contributed by atoms with Crippen molar-refractivity contribution >= 4 is 40.3 Å². The molecule has 0 bridgehead atoms. The van der Waals surface area contributed by atoms with Crippen molar-refractivity contribution in [3.63, 3.8) is 0 Å². The number of allylic oxidation sites excluding steroid dienone is 1. The highest BCUT2D eigenvalue weighted by Crippen LogP contribution is 2.27. The van der Waals surface area contributed by atoms with E-state index in [-0.39, 0.29) is 0 Å². The van der Waals surface area contributed by atoms with E-state index in [1.807, 2.05) is 37.4 Å². The van der Waals surface area contributed by atoms with Crippen molar-refractivity contribution in [1.29, 1.82) is 0 Å². The lowest BCUT2D eigenvalue weighted by Crippen LogP contribution is -2.05. The number of halogens is 1. The first-order valence-corrected chi connectivity index (χ1v) is 8.49. The zero-order valence-corrected chi connectivity index (χ0v) is 14.0. The van der Waals surface area contributed by atoms with E-state index in [4.69, 9.17) is 11.6 Å². The summed E-state index contributed by atoms with van der Waals surface area (Å²) >= 11 is 9.16. The second-order valence-corrected chi connectivity index (χ2v) is 7.00. The molecule has 6 heteroatoms. The largest absolute Gasteiger partial charge is 0.383 e. The van der Waals surface area contributed by atoms with Crippen molar-refractivity contribution in [3.05, 3.63) is 45.5 Å². The molecule has 2 heterocycles. The van der Waals surface area contributed by atoms with Gasteiger partial charge in [0.2, 0.25) is 0 Å². The van der Waals surface area contributed by atoms with E-state index in [9.17, 15) is 0 Å². The van der Waals surface area contributed by atoms with Crippen LogP contribution in [0.2, 0.25) is 4.34 Å². The topological polar surface area (TPSA) is 29.0 Å². The van der Waals surface area contributed by atoms with Crippen LogP contribution >= 0.6 is 34.7 Å². The first kappa shape index (κ1) is 15.4. The summed E-state index contributed by atoms with van der Waals surface area (Å²) in [4.78, 5) is 12.1. The third kappa shape index (κ3) is 4.23. The molecular weight excluding hydrogens is 310 g/mol. The van der Waals surface area contributed by atoms with Gasteiger partial charge < -0.3 is 4.90 Å². The highest BCUT2D eigenvalue weighted by atomic mass is 35.5. The van der Waals surface area contributed by atoms with Gasteiger partial charge in [-0.3, -0.25) is 0 Å². The summed E-state index contributed by atoms with van der Waals surface area (Å²) < 4.78 is 0.816. The third-order valence-electron chi connectivity index (χ3n) is 2.55. The molecule has 0 aliphatic heterocycles. The van der Waals surface area contributed by atoms with Crippen molar-refractivity contribution in [2.45, 2.75) is 11.6 Å². The van der Waals surface area contributed by atoms with Gasteiger partial charge in [-0.15, -0.1) is 11.3 Å². The Balaban J connectivity index is 2.32. The van der Waals surface area contributed by atoms with Crippen LogP contribution in [0.3, 0.4) is 0 Å². The maximum atomic E-state index is 6.00. The SMILES string of the molecule is CSc1nccc(C(=CN(C)C)Cc2ccc(Cl)s2)n1. The van der Waals surface area contributed by atoms with Gasteiger partial charge in [-0.1, -0.05) is 23.4 Å². The second-order valence-electron chi connectivity index (χ2n) is 4.43. The number of nitrogens with zero attached hydrogens (tertiary/aromatic N) is 3. The molecule has 20 heavy (non-hydrogen) atoms. The Morgan fingerprint density at radius 1 is 1.40 bits per heavy atom. The van der Waals surface area contributed by atoms with Crippen molar-refractivity contribution in [3.8, 4) is 0 Å². The summed E-state index contributed by atoms with van der Waals surface area (Å²) in [5, 5.41) is 0.788. The quantitative estimate of drug-likeness (QED) is 0.612. The van der Waals surface area contributed by atoms with Gasteiger partial charge in [0, 0.05) is 37.8 Å².